The third-order valence-electron chi connectivity index (χ3n) is 4.74. The summed E-state index contributed by atoms with van der Waals surface area (Å²) in [6.07, 6.45) is 8.97. The number of nitrogens with two attached hydrogens (primary N) is 1. The fourth-order valence-electron chi connectivity index (χ4n) is 3.27. The minimum Gasteiger partial charge on any atom is -0.481 e. The van der Waals surface area contributed by atoms with Gasteiger partial charge in [0.15, 0.2) is 0 Å². The van der Waals surface area contributed by atoms with E-state index in [1.54, 1.807) is 0 Å². The Hall–Kier alpha value is -2.55. The van der Waals surface area contributed by atoms with Crippen LogP contribution in [0.4, 0.5) is 5.69 Å². The highest BCUT2D eigenvalue weighted by Crippen LogP contribution is 2.32. The van der Waals surface area contributed by atoms with E-state index in [9.17, 15) is 20.0 Å². The van der Waals surface area contributed by atoms with Crippen molar-refractivity contribution in [2.75, 3.05) is 6.54 Å². The topological polar surface area (TPSA) is 145 Å². The van der Waals surface area contributed by atoms with Gasteiger partial charge in [-0.2, -0.15) is 0 Å². The lowest BCUT2D eigenvalue weighted by atomic mass is 9.91. The van der Waals surface area contributed by atoms with E-state index >= 15 is 0 Å². The van der Waals surface area contributed by atoms with E-state index in [1.165, 1.54) is 31.4 Å². The first-order chi connectivity index (χ1) is 13.1. The molecule has 0 saturated carbocycles. The Bertz CT molecular complexity index is 761. The molecule has 1 atom stereocenters. The molecule has 0 aliphatic carbocycles. The van der Waals surface area contributed by atoms with Crippen molar-refractivity contribution in [1.29, 1.82) is 0 Å². The fraction of sp³-hybridized carbons (Fsp3) is 0.611. The molecule has 0 fully saturated rings. The molecule has 0 radical (unpaired) electrons. The maximum Gasteiger partial charge on any atom is 0.311 e. The number of carboxylic acid groups (broad SMARTS) is 1. The number of benzene rings is 1. The lowest BCUT2D eigenvalue weighted by Crippen LogP contribution is -2.12. The quantitative estimate of drug-likeness (QED) is 0.304. The predicted octanol–water partition coefficient (Wildman–Crippen LogP) is 3.77. The summed E-state index contributed by atoms with van der Waals surface area (Å²) in [5, 5.41) is 27.9. The number of unbranched alkanes of at least 4 members (excludes halogenated alkanes) is 7. The second-order valence-electron chi connectivity index (χ2n) is 6.69. The second-order valence-corrected chi connectivity index (χ2v) is 6.69. The highest BCUT2D eigenvalue weighted by molar-refractivity contribution is 5.90. The van der Waals surface area contributed by atoms with Gasteiger partial charge in [-0.15, -0.1) is 0 Å². The lowest BCUT2D eigenvalue weighted by molar-refractivity contribution is -0.383. The van der Waals surface area contributed by atoms with Crippen molar-refractivity contribution in [3.8, 4) is 0 Å². The smallest absolute Gasteiger partial charge is 0.311 e. The van der Waals surface area contributed by atoms with Crippen molar-refractivity contribution in [2.45, 2.75) is 63.7 Å². The van der Waals surface area contributed by atoms with Crippen molar-refractivity contribution in [3.05, 3.63) is 27.8 Å². The summed E-state index contributed by atoms with van der Waals surface area (Å²) in [4.78, 5) is 22.2. The Kier molecular flexibility index (Phi) is 8.12. The van der Waals surface area contributed by atoms with Crippen LogP contribution >= 0.6 is 0 Å². The van der Waals surface area contributed by atoms with Crippen molar-refractivity contribution in [2.24, 2.45) is 5.73 Å². The Balaban J connectivity index is 1.92. The number of rotatable bonds is 13. The Morgan fingerprint density at radius 2 is 1.67 bits per heavy atom. The molecule has 0 amide bonds. The zero-order valence-electron chi connectivity index (χ0n) is 15.3. The summed E-state index contributed by atoms with van der Waals surface area (Å²) in [5.41, 5.74) is 5.77. The maximum absolute atomic E-state index is 11.7. The second kappa shape index (κ2) is 10.6. The van der Waals surface area contributed by atoms with Gasteiger partial charge in [0.2, 0.25) is 5.52 Å². The van der Waals surface area contributed by atoms with Crippen LogP contribution in [-0.2, 0) is 4.79 Å². The van der Waals surface area contributed by atoms with Crippen LogP contribution < -0.4 is 5.73 Å². The number of aromatic nitrogens is 2. The summed E-state index contributed by atoms with van der Waals surface area (Å²) in [6.45, 7) is 0.744. The zero-order valence-corrected chi connectivity index (χ0v) is 15.3. The van der Waals surface area contributed by atoms with E-state index < -0.39 is 16.8 Å². The number of non-ortho nitro benzene ring substituents is 1. The predicted molar refractivity (Wildman–Crippen MR) is 99.4 cm³/mol. The van der Waals surface area contributed by atoms with Crippen molar-refractivity contribution in [1.82, 2.24) is 10.3 Å². The molecule has 9 nitrogen and oxygen atoms in total. The Morgan fingerprint density at radius 3 is 2.26 bits per heavy atom. The average Bonchev–Trinajstić information content (AvgIpc) is 3.12. The molecule has 0 spiro atoms. The highest BCUT2D eigenvalue weighted by atomic mass is 16.6. The summed E-state index contributed by atoms with van der Waals surface area (Å²) in [6, 6.07) is 2.71. The fourth-order valence-corrected chi connectivity index (χ4v) is 3.27. The molecule has 3 N–H and O–H groups in total. The first kappa shape index (κ1) is 20.8. The summed E-state index contributed by atoms with van der Waals surface area (Å²) >= 11 is 0. The van der Waals surface area contributed by atoms with Crippen LogP contribution in [0.15, 0.2) is 16.8 Å². The van der Waals surface area contributed by atoms with E-state index in [-0.39, 0.29) is 16.7 Å². The van der Waals surface area contributed by atoms with Gasteiger partial charge in [0.25, 0.3) is 0 Å². The largest absolute Gasteiger partial charge is 0.481 e. The maximum atomic E-state index is 11.7. The standard InChI is InChI=1S/C18H26N4O5/c19-12-8-6-4-2-1-3-5-7-9-14(18(23)24)13-10-11-15(22(25)26)17-16(13)20-27-21-17/h10-11,14H,1-9,12,19H2,(H,23,24). The normalized spacial score (nSPS) is 12.3. The monoisotopic (exact) mass is 378 g/mol. The van der Waals surface area contributed by atoms with E-state index in [0.29, 0.717) is 12.0 Å². The van der Waals surface area contributed by atoms with Crippen LogP contribution in [0.3, 0.4) is 0 Å². The summed E-state index contributed by atoms with van der Waals surface area (Å²) in [5.74, 6) is -1.76. The molecule has 148 valence electrons. The third-order valence-corrected chi connectivity index (χ3v) is 4.74. The summed E-state index contributed by atoms with van der Waals surface area (Å²) in [7, 11) is 0. The molecule has 9 heteroatoms. The SMILES string of the molecule is NCCCCCCCCCCC(C(=O)O)c1ccc([N+](=O)[O-])c2nonc12. The first-order valence-electron chi connectivity index (χ1n) is 9.38. The molecule has 0 bridgehead atoms. The molecule has 0 aliphatic rings. The van der Waals surface area contributed by atoms with Crippen LogP contribution in [0.1, 0.15) is 69.3 Å². The molecule has 2 rings (SSSR count). The van der Waals surface area contributed by atoms with Crippen molar-refractivity contribution >= 4 is 22.7 Å². The number of nitro benzene ring substituents is 1. The van der Waals surface area contributed by atoms with E-state index in [0.717, 1.165) is 38.6 Å². The minimum absolute atomic E-state index is 0.0128. The molecular weight excluding hydrogens is 352 g/mol. The molecule has 1 heterocycles. The number of nitro groups is 1. The van der Waals surface area contributed by atoms with Gasteiger partial charge in [-0.25, -0.2) is 4.63 Å². The van der Waals surface area contributed by atoms with Gasteiger partial charge in [0.05, 0.1) is 10.8 Å². The average molecular weight is 378 g/mol. The zero-order chi connectivity index (χ0) is 19.6. The molecule has 2 aromatic rings. The molecule has 0 saturated heterocycles. The van der Waals surface area contributed by atoms with Gasteiger partial charge in [0, 0.05) is 6.07 Å². The molecule has 27 heavy (non-hydrogen) atoms. The number of hydrogen-bond donors (Lipinski definition) is 2. The van der Waals surface area contributed by atoms with Gasteiger partial charge in [-0.05, 0) is 41.3 Å². The van der Waals surface area contributed by atoms with Crippen LogP contribution in [0.2, 0.25) is 0 Å². The van der Waals surface area contributed by atoms with Crippen molar-refractivity contribution in [3.63, 3.8) is 0 Å². The number of aliphatic carboxylic acids is 1. The molecule has 0 aliphatic heterocycles. The number of fused-ring (bicyclic) bond motifs is 1. The van der Waals surface area contributed by atoms with Gasteiger partial charge in [0.1, 0.15) is 5.52 Å². The summed E-state index contributed by atoms with van der Waals surface area (Å²) < 4.78 is 4.62. The molecule has 1 aromatic carbocycles. The van der Waals surface area contributed by atoms with Crippen LogP contribution in [0, 0.1) is 10.1 Å². The van der Waals surface area contributed by atoms with Crippen LogP contribution in [0.5, 0.6) is 0 Å². The molecule has 1 aromatic heterocycles. The van der Waals surface area contributed by atoms with Gasteiger partial charge < -0.3 is 10.8 Å². The van der Waals surface area contributed by atoms with Crippen LogP contribution in [0.25, 0.3) is 11.0 Å². The first-order valence-corrected chi connectivity index (χ1v) is 9.38. The lowest BCUT2D eigenvalue weighted by Gasteiger charge is -2.12. The van der Waals surface area contributed by atoms with Crippen LogP contribution in [-0.4, -0.2) is 32.9 Å². The van der Waals surface area contributed by atoms with E-state index in [2.05, 4.69) is 14.9 Å². The Morgan fingerprint density at radius 1 is 1.07 bits per heavy atom. The van der Waals surface area contributed by atoms with E-state index in [4.69, 9.17) is 5.73 Å². The van der Waals surface area contributed by atoms with Crippen molar-refractivity contribution < 1.29 is 19.5 Å². The minimum atomic E-state index is -0.977. The molecular formula is C18H26N4O5. The van der Waals surface area contributed by atoms with E-state index in [1.807, 2.05) is 0 Å². The van der Waals surface area contributed by atoms with Gasteiger partial charge >= 0.3 is 11.7 Å². The number of carboxylic acids is 1. The Labute approximate surface area is 157 Å². The van der Waals surface area contributed by atoms with Gasteiger partial charge in [-0.3, -0.25) is 14.9 Å². The third kappa shape index (κ3) is 5.72. The number of nitrogens with zero attached hydrogens (tertiary/aromatic N) is 3. The number of hydrogen-bond acceptors (Lipinski definition) is 7. The molecule has 1 unspecified atom stereocenters. The highest BCUT2D eigenvalue weighted by Gasteiger charge is 2.27. The number of carbonyl (C=O) groups is 1. The van der Waals surface area contributed by atoms with Gasteiger partial charge in [-0.1, -0.05) is 44.9 Å².